The molecular weight excluding hydrogens is 331 g/mol. The van der Waals surface area contributed by atoms with E-state index in [4.69, 9.17) is 0 Å². The van der Waals surface area contributed by atoms with E-state index in [2.05, 4.69) is 71.6 Å². The molecule has 0 bridgehead atoms. The monoisotopic (exact) mass is 344 g/mol. The van der Waals surface area contributed by atoms with Crippen molar-refractivity contribution in [1.82, 2.24) is 0 Å². The number of fused-ring (bicyclic) bond motifs is 3. The first-order valence-electron chi connectivity index (χ1n) is 5.99. The van der Waals surface area contributed by atoms with Crippen molar-refractivity contribution in [2.75, 3.05) is 0 Å². The topological polar surface area (TPSA) is 0 Å². The summed E-state index contributed by atoms with van der Waals surface area (Å²) in [5.74, 6) is 0. The summed E-state index contributed by atoms with van der Waals surface area (Å²) in [4.78, 5) is 0. The van der Waals surface area contributed by atoms with Gasteiger partial charge in [0.2, 0.25) is 0 Å². The van der Waals surface area contributed by atoms with Crippen LogP contribution in [-0.2, 0) is 6.42 Å². The number of benzene rings is 2. The number of rotatable bonds is 2. The molecule has 0 N–H and O–H groups in total. The number of hydrogen-bond acceptors (Lipinski definition) is 0. The molecular formula is C17H13I. The molecule has 1 aliphatic rings. The second-order valence-electron chi connectivity index (χ2n) is 4.45. The van der Waals surface area contributed by atoms with Gasteiger partial charge in [-0.1, -0.05) is 49.1 Å². The Morgan fingerprint density at radius 3 is 2.78 bits per heavy atom. The third kappa shape index (κ3) is 1.93. The maximum absolute atomic E-state index is 3.74. The van der Waals surface area contributed by atoms with Crippen molar-refractivity contribution in [3.63, 3.8) is 0 Å². The molecule has 18 heavy (non-hydrogen) atoms. The van der Waals surface area contributed by atoms with Crippen LogP contribution in [0.2, 0.25) is 0 Å². The Labute approximate surface area is 121 Å². The zero-order chi connectivity index (χ0) is 12.5. The molecule has 0 amide bonds. The standard InChI is InChI=1S/C17H13I/c1-2-3-6-12-9-14(18)11-17-15-8-5-4-7-13(15)10-16(12)17/h2-9,11H,1,10H2/b6-3-. The first-order chi connectivity index (χ1) is 8.79. The third-order valence-electron chi connectivity index (χ3n) is 3.34. The Morgan fingerprint density at radius 2 is 1.94 bits per heavy atom. The van der Waals surface area contributed by atoms with Gasteiger partial charge in [0.05, 0.1) is 0 Å². The van der Waals surface area contributed by atoms with Gasteiger partial charge in [-0.3, -0.25) is 0 Å². The largest absolute Gasteiger partial charge is 0.0991 e. The van der Waals surface area contributed by atoms with Crippen molar-refractivity contribution in [3.8, 4) is 11.1 Å². The van der Waals surface area contributed by atoms with Crippen molar-refractivity contribution in [1.29, 1.82) is 0 Å². The highest BCUT2D eigenvalue weighted by atomic mass is 127. The molecule has 0 atom stereocenters. The summed E-state index contributed by atoms with van der Waals surface area (Å²) in [6.45, 7) is 3.74. The Morgan fingerprint density at radius 1 is 1.11 bits per heavy atom. The molecule has 0 fully saturated rings. The van der Waals surface area contributed by atoms with Gasteiger partial charge in [0.1, 0.15) is 0 Å². The fourth-order valence-electron chi connectivity index (χ4n) is 2.54. The quantitative estimate of drug-likeness (QED) is 0.450. The second-order valence-corrected chi connectivity index (χ2v) is 5.70. The fraction of sp³-hybridized carbons (Fsp3) is 0.0588. The minimum atomic E-state index is 1.04. The Kier molecular flexibility index (Phi) is 3.08. The second kappa shape index (κ2) is 4.73. The van der Waals surface area contributed by atoms with Crippen molar-refractivity contribution >= 4 is 28.7 Å². The van der Waals surface area contributed by atoms with Crippen LogP contribution in [0.4, 0.5) is 0 Å². The Balaban J connectivity index is 2.22. The number of hydrogen-bond donors (Lipinski definition) is 0. The van der Waals surface area contributed by atoms with Crippen molar-refractivity contribution in [2.45, 2.75) is 6.42 Å². The third-order valence-corrected chi connectivity index (χ3v) is 3.96. The number of halogens is 1. The van der Waals surface area contributed by atoms with Crippen molar-refractivity contribution < 1.29 is 0 Å². The van der Waals surface area contributed by atoms with E-state index in [1.165, 1.54) is 31.4 Å². The van der Waals surface area contributed by atoms with E-state index in [-0.39, 0.29) is 0 Å². The lowest BCUT2D eigenvalue weighted by Gasteiger charge is -2.06. The molecule has 0 saturated carbocycles. The summed E-state index contributed by atoms with van der Waals surface area (Å²) in [5, 5.41) is 0. The van der Waals surface area contributed by atoms with Gasteiger partial charge in [0.15, 0.2) is 0 Å². The Bertz CT molecular complexity index is 651. The van der Waals surface area contributed by atoms with E-state index in [0.29, 0.717) is 0 Å². The van der Waals surface area contributed by atoms with Gasteiger partial charge in [-0.15, -0.1) is 0 Å². The normalized spacial score (nSPS) is 12.5. The average Bonchev–Trinajstić information content (AvgIpc) is 2.75. The molecule has 1 heteroatoms. The zero-order valence-electron chi connectivity index (χ0n) is 9.99. The first kappa shape index (κ1) is 11.7. The highest BCUT2D eigenvalue weighted by molar-refractivity contribution is 14.1. The van der Waals surface area contributed by atoms with Gasteiger partial charge in [0.25, 0.3) is 0 Å². The Hall–Kier alpha value is -1.35. The molecule has 2 aromatic carbocycles. The van der Waals surface area contributed by atoms with E-state index in [0.717, 1.165) is 6.42 Å². The van der Waals surface area contributed by atoms with E-state index in [1.807, 2.05) is 12.2 Å². The van der Waals surface area contributed by atoms with Crippen LogP contribution < -0.4 is 0 Å². The summed E-state index contributed by atoms with van der Waals surface area (Å²) in [6.07, 6.45) is 7.03. The zero-order valence-corrected chi connectivity index (χ0v) is 12.1. The van der Waals surface area contributed by atoms with Crippen LogP contribution in [0.1, 0.15) is 16.7 Å². The van der Waals surface area contributed by atoms with Gasteiger partial charge in [-0.2, -0.15) is 0 Å². The highest BCUT2D eigenvalue weighted by Crippen LogP contribution is 2.39. The summed E-state index contributed by atoms with van der Waals surface area (Å²) < 4.78 is 1.28. The van der Waals surface area contributed by atoms with Crippen LogP contribution in [0.15, 0.2) is 55.1 Å². The maximum atomic E-state index is 3.74. The highest BCUT2D eigenvalue weighted by Gasteiger charge is 2.20. The van der Waals surface area contributed by atoms with Gasteiger partial charge in [0, 0.05) is 3.57 Å². The minimum absolute atomic E-state index is 1.04. The predicted molar refractivity (Wildman–Crippen MR) is 86.6 cm³/mol. The molecule has 2 aromatic rings. The lowest BCUT2D eigenvalue weighted by atomic mass is 10.0. The molecule has 0 radical (unpaired) electrons. The van der Waals surface area contributed by atoms with Crippen molar-refractivity contribution in [3.05, 3.63) is 75.4 Å². The van der Waals surface area contributed by atoms with Crippen LogP contribution in [0.3, 0.4) is 0 Å². The first-order valence-corrected chi connectivity index (χ1v) is 7.07. The number of allylic oxidation sites excluding steroid dienone is 2. The molecule has 0 heterocycles. The molecule has 3 rings (SSSR count). The van der Waals surface area contributed by atoms with Crippen LogP contribution in [0.25, 0.3) is 17.2 Å². The lowest BCUT2D eigenvalue weighted by Crippen LogP contribution is -1.88. The SMILES string of the molecule is C=C/C=C\c1cc(I)cc2c1Cc1ccccc1-2. The molecule has 88 valence electrons. The van der Waals surface area contributed by atoms with Crippen LogP contribution in [-0.4, -0.2) is 0 Å². The van der Waals surface area contributed by atoms with Gasteiger partial charge in [-0.05, 0) is 69.0 Å². The van der Waals surface area contributed by atoms with Gasteiger partial charge >= 0.3 is 0 Å². The lowest BCUT2D eigenvalue weighted by molar-refractivity contribution is 1.25. The molecule has 0 aliphatic heterocycles. The van der Waals surface area contributed by atoms with Gasteiger partial charge in [-0.25, -0.2) is 0 Å². The smallest absolute Gasteiger partial charge is 0.0142 e. The summed E-state index contributed by atoms with van der Waals surface area (Å²) in [5.41, 5.74) is 6.96. The van der Waals surface area contributed by atoms with E-state index in [9.17, 15) is 0 Å². The van der Waals surface area contributed by atoms with E-state index < -0.39 is 0 Å². The van der Waals surface area contributed by atoms with E-state index in [1.54, 1.807) is 0 Å². The summed E-state index contributed by atoms with van der Waals surface area (Å²) >= 11 is 2.39. The molecule has 1 aliphatic carbocycles. The van der Waals surface area contributed by atoms with Gasteiger partial charge < -0.3 is 0 Å². The predicted octanol–water partition coefficient (Wildman–Crippen LogP) is 5.06. The average molecular weight is 344 g/mol. The molecule has 0 nitrogen and oxygen atoms in total. The fourth-order valence-corrected chi connectivity index (χ4v) is 3.19. The molecule has 0 unspecified atom stereocenters. The minimum Gasteiger partial charge on any atom is -0.0991 e. The summed E-state index contributed by atoms with van der Waals surface area (Å²) in [6, 6.07) is 13.2. The van der Waals surface area contributed by atoms with Crippen molar-refractivity contribution in [2.24, 2.45) is 0 Å². The van der Waals surface area contributed by atoms with Crippen LogP contribution >= 0.6 is 22.6 Å². The van der Waals surface area contributed by atoms with E-state index >= 15 is 0 Å². The summed E-state index contributed by atoms with van der Waals surface area (Å²) in [7, 11) is 0. The van der Waals surface area contributed by atoms with Crippen LogP contribution in [0, 0.1) is 3.57 Å². The van der Waals surface area contributed by atoms with Crippen LogP contribution in [0.5, 0.6) is 0 Å². The maximum Gasteiger partial charge on any atom is 0.0142 e. The molecule has 0 spiro atoms. The molecule has 0 aromatic heterocycles. The molecule has 0 saturated heterocycles.